The van der Waals surface area contributed by atoms with Crippen LogP contribution < -0.4 is 5.32 Å². The normalized spacial score (nSPS) is 30.1. The minimum absolute atomic E-state index is 0.0118. The summed E-state index contributed by atoms with van der Waals surface area (Å²) in [4.78, 5) is 26.4. The highest BCUT2D eigenvalue weighted by Gasteiger charge is 2.43. The molecule has 7 heteroatoms. The van der Waals surface area contributed by atoms with Crippen LogP contribution in [0.1, 0.15) is 36.2 Å². The van der Waals surface area contributed by atoms with Gasteiger partial charge in [0.1, 0.15) is 11.8 Å². The second-order valence-corrected chi connectivity index (χ2v) is 6.86. The predicted molar refractivity (Wildman–Crippen MR) is 81.6 cm³/mol. The van der Waals surface area contributed by atoms with E-state index in [1.54, 1.807) is 17.2 Å². The Labute approximate surface area is 134 Å². The fraction of sp³-hybridized carbons (Fsp3) is 0.688. The molecule has 2 N–H and O–H groups in total. The molecule has 1 aliphatic carbocycles. The SMILES string of the molecule is O=C(NCC1CC1)C1C[C@@H]2CCN(C(=O)c3ccn[nH]3)C[C@@H]2O1. The van der Waals surface area contributed by atoms with Crippen molar-refractivity contribution in [1.82, 2.24) is 20.4 Å². The van der Waals surface area contributed by atoms with Gasteiger partial charge in [-0.3, -0.25) is 14.7 Å². The van der Waals surface area contributed by atoms with Gasteiger partial charge in [-0.2, -0.15) is 5.10 Å². The highest BCUT2D eigenvalue weighted by molar-refractivity contribution is 5.92. The Morgan fingerprint density at radius 2 is 2.26 bits per heavy atom. The zero-order chi connectivity index (χ0) is 15.8. The van der Waals surface area contributed by atoms with Gasteiger partial charge in [-0.1, -0.05) is 0 Å². The summed E-state index contributed by atoms with van der Waals surface area (Å²) in [6, 6.07) is 1.68. The van der Waals surface area contributed by atoms with Gasteiger partial charge >= 0.3 is 0 Å². The maximum absolute atomic E-state index is 12.4. The van der Waals surface area contributed by atoms with E-state index in [4.69, 9.17) is 4.74 Å². The number of rotatable bonds is 4. The molecule has 3 heterocycles. The molecule has 0 bridgehead atoms. The van der Waals surface area contributed by atoms with Gasteiger partial charge < -0.3 is 15.0 Å². The van der Waals surface area contributed by atoms with E-state index in [0.717, 1.165) is 19.4 Å². The number of nitrogens with one attached hydrogen (secondary N) is 2. The van der Waals surface area contributed by atoms with Gasteiger partial charge in [-0.05, 0) is 43.6 Å². The number of hydrogen-bond acceptors (Lipinski definition) is 4. The molecule has 1 saturated carbocycles. The number of likely N-dealkylation sites (tertiary alicyclic amines) is 1. The minimum atomic E-state index is -0.356. The van der Waals surface area contributed by atoms with E-state index in [1.165, 1.54) is 12.8 Å². The van der Waals surface area contributed by atoms with Crippen molar-refractivity contribution >= 4 is 11.8 Å². The third kappa shape index (κ3) is 3.10. The summed E-state index contributed by atoms with van der Waals surface area (Å²) in [5, 5.41) is 9.53. The number of nitrogens with zero attached hydrogens (tertiary/aromatic N) is 2. The molecule has 23 heavy (non-hydrogen) atoms. The van der Waals surface area contributed by atoms with Crippen LogP contribution in [0.15, 0.2) is 12.3 Å². The lowest BCUT2D eigenvalue weighted by atomic mass is 9.91. The van der Waals surface area contributed by atoms with E-state index in [0.29, 0.717) is 30.6 Å². The quantitative estimate of drug-likeness (QED) is 0.849. The van der Waals surface area contributed by atoms with Crippen molar-refractivity contribution in [2.45, 2.75) is 37.9 Å². The summed E-state index contributed by atoms with van der Waals surface area (Å²) in [7, 11) is 0. The summed E-state index contributed by atoms with van der Waals surface area (Å²) in [5.74, 6) is 1.01. The molecule has 0 spiro atoms. The van der Waals surface area contributed by atoms with E-state index < -0.39 is 0 Å². The second kappa shape index (κ2) is 5.96. The fourth-order valence-corrected chi connectivity index (χ4v) is 3.51. The number of amides is 2. The topological polar surface area (TPSA) is 87.3 Å². The molecular weight excluding hydrogens is 296 g/mol. The molecule has 4 rings (SSSR count). The van der Waals surface area contributed by atoms with Crippen molar-refractivity contribution in [2.75, 3.05) is 19.6 Å². The van der Waals surface area contributed by atoms with Crippen LogP contribution in [0.5, 0.6) is 0 Å². The van der Waals surface area contributed by atoms with Crippen molar-refractivity contribution < 1.29 is 14.3 Å². The lowest BCUT2D eigenvalue weighted by Gasteiger charge is -2.33. The first-order valence-corrected chi connectivity index (χ1v) is 8.42. The van der Waals surface area contributed by atoms with E-state index in [9.17, 15) is 9.59 Å². The average molecular weight is 318 g/mol. The lowest BCUT2D eigenvalue weighted by Crippen LogP contribution is -2.45. The maximum Gasteiger partial charge on any atom is 0.271 e. The third-order valence-electron chi connectivity index (χ3n) is 5.12. The average Bonchev–Trinajstić information content (AvgIpc) is 3.07. The highest BCUT2D eigenvalue weighted by atomic mass is 16.5. The van der Waals surface area contributed by atoms with Crippen molar-refractivity contribution in [1.29, 1.82) is 0 Å². The fourth-order valence-electron chi connectivity index (χ4n) is 3.51. The number of ether oxygens (including phenoxy) is 1. The van der Waals surface area contributed by atoms with E-state index in [2.05, 4.69) is 15.5 Å². The number of aromatic nitrogens is 2. The smallest absolute Gasteiger partial charge is 0.271 e. The van der Waals surface area contributed by atoms with Gasteiger partial charge in [0.2, 0.25) is 5.91 Å². The summed E-state index contributed by atoms with van der Waals surface area (Å²) < 4.78 is 5.95. The molecule has 0 aromatic carbocycles. The van der Waals surface area contributed by atoms with Crippen molar-refractivity contribution in [2.24, 2.45) is 11.8 Å². The van der Waals surface area contributed by atoms with Gasteiger partial charge in [-0.25, -0.2) is 0 Å². The first kappa shape index (κ1) is 14.7. The summed E-state index contributed by atoms with van der Waals surface area (Å²) in [6.07, 6.45) is 5.29. The van der Waals surface area contributed by atoms with Crippen molar-refractivity contribution in [3.63, 3.8) is 0 Å². The minimum Gasteiger partial charge on any atom is -0.363 e. The Hall–Kier alpha value is -1.89. The largest absolute Gasteiger partial charge is 0.363 e. The molecule has 2 amide bonds. The number of carbonyl (C=O) groups is 2. The number of carbonyl (C=O) groups excluding carboxylic acids is 2. The molecule has 124 valence electrons. The molecule has 3 fully saturated rings. The van der Waals surface area contributed by atoms with E-state index >= 15 is 0 Å². The lowest BCUT2D eigenvalue weighted by molar-refractivity contribution is -0.132. The van der Waals surface area contributed by atoms with Crippen LogP contribution in [0, 0.1) is 11.8 Å². The van der Waals surface area contributed by atoms with E-state index in [1.807, 2.05) is 0 Å². The molecule has 3 aliphatic rings. The number of fused-ring (bicyclic) bond motifs is 1. The Morgan fingerprint density at radius 1 is 1.39 bits per heavy atom. The molecule has 1 unspecified atom stereocenters. The van der Waals surface area contributed by atoms with Crippen molar-refractivity contribution in [3.05, 3.63) is 18.0 Å². The summed E-state index contributed by atoms with van der Waals surface area (Å²) in [6.45, 7) is 2.03. The molecule has 2 saturated heterocycles. The number of H-pyrrole nitrogens is 1. The van der Waals surface area contributed by atoms with Crippen molar-refractivity contribution in [3.8, 4) is 0 Å². The Bertz CT molecular complexity index is 584. The zero-order valence-electron chi connectivity index (χ0n) is 13.0. The van der Waals surface area contributed by atoms with Crippen LogP contribution in [0.25, 0.3) is 0 Å². The number of aromatic amines is 1. The Kier molecular flexibility index (Phi) is 3.80. The zero-order valence-corrected chi connectivity index (χ0v) is 13.0. The van der Waals surface area contributed by atoms with Gasteiger partial charge in [-0.15, -0.1) is 0 Å². The second-order valence-electron chi connectivity index (χ2n) is 6.86. The monoisotopic (exact) mass is 318 g/mol. The highest BCUT2D eigenvalue weighted by Crippen LogP contribution is 2.34. The molecule has 0 radical (unpaired) electrons. The standard InChI is InChI=1S/C16H22N4O3/c21-15(17-8-10-1-2-10)13-7-11-4-6-20(9-14(11)23-13)16(22)12-3-5-18-19-12/h3,5,10-11,13-14H,1-2,4,6-9H2,(H,17,21)(H,18,19)/t11-,13?,14-/m0/s1. The molecule has 3 atom stereocenters. The van der Waals surface area contributed by atoms with Crippen LogP contribution in [-0.2, 0) is 9.53 Å². The molecule has 2 aliphatic heterocycles. The number of hydrogen-bond donors (Lipinski definition) is 2. The van der Waals surface area contributed by atoms with Crippen LogP contribution in [0.4, 0.5) is 0 Å². The predicted octanol–water partition coefficient (Wildman–Crippen LogP) is 0.555. The van der Waals surface area contributed by atoms with Crippen LogP contribution in [0.3, 0.4) is 0 Å². The maximum atomic E-state index is 12.4. The number of piperidine rings is 1. The molecule has 1 aromatic rings. The van der Waals surface area contributed by atoms with Gasteiger partial charge in [0.05, 0.1) is 6.10 Å². The van der Waals surface area contributed by atoms with Gasteiger partial charge in [0.25, 0.3) is 5.91 Å². The Balaban J connectivity index is 1.33. The Morgan fingerprint density at radius 3 is 3.00 bits per heavy atom. The molecule has 7 nitrogen and oxygen atoms in total. The third-order valence-corrected chi connectivity index (χ3v) is 5.12. The summed E-state index contributed by atoms with van der Waals surface area (Å²) >= 11 is 0. The molecule has 1 aromatic heterocycles. The first-order valence-electron chi connectivity index (χ1n) is 8.42. The summed E-state index contributed by atoms with van der Waals surface area (Å²) in [5.41, 5.74) is 0.500. The van der Waals surface area contributed by atoms with Crippen LogP contribution in [-0.4, -0.2) is 58.8 Å². The van der Waals surface area contributed by atoms with Gasteiger partial charge in [0.15, 0.2) is 0 Å². The van der Waals surface area contributed by atoms with Gasteiger partial charge in [0, 0.05) is 25.8 Å². The van der Waals surface area contributed by atoms with Crippen LogP contribution >= 0.6 is 0 Å². The van der Waals surface area contributed by atoms with E-state index in [-0.39, 0.29) is 24.0 Å². The molecular formula is C16H22N4O3. The first-order chi connectivity index (χ1) is 11.2. The van der Waals surface area contributed by atoms with Crippen LogP contribution in [0.2, 0.25) is 0 Å².